The van der Waals surface area contributed by atoms with Crippen LogP contribution in [0.1, 0.15) is 36.0 Å². The van der Waals surface area contributed by atoms with Crippen molar-refractivity contribution in [2.24, 2.45) is 0 Å². The first-order chi connectivity index (χ1) is 9.13. The number of pyridine rings is 1. The molecule has 0 saturated heterocycles. The number of ether oxygens (including phenoxy) is 1. The molecule has 0 spiro atoms. The number of methoxy groups -OCH3 is 1. The van der Waals surface area contributed by atoms with Gasteiger partial charge in [-0.1, -0.05) is 12.8 Å². The number of aliphatic hydroxyl groups excluding tert-OH is 1. The van der Waals surface area contributed by atoms with Crippen LogP contribution in [0.3, 0.4) is 0 Å². The molecular weight excluding hydrogens is 244 g/mol. The molecule has 19 heavy (non-hydrogen) atoms. The minimum atomic E-state index is -0.422. The number of aliphatic hydroxyl groups is 1. The molecule has 1 N–H and O–H groups in total. The topological polar surface area (TPSA) is 62.7 Å². The summed E-state index contributed by atoms with van der Waals surface area (Å²) in [5, 5.41) is 9.99. The fourth-order valence-electron chi connectivity index (χ4n) is 2.53. The third kappa shape index (κ3) is 3.04. The highest BCUT2D eigenvalue weighted by Gasteiger charge is 2.29. The normalized spacial score (nSPS) is 22.9. The summed E-state index contributed by atoms with van der Waals surface area (Å²) in [6.07, 6.45) is 4.79. The number of carbonyl (C=O) groups is 1. The Balaban J connectivity index is 2.08. The number of likely N-dealkylation sites (N-methyl/N-ethyl adjacent to an activating group) is 1. The molecule has 2 rings (SSSR count). The number of rotatable bonds is 3. The zero-order valence-corrected chi connectivity index (χ0v) is 11.4. The molecule has 1 aromatic rings. The van der Waals surface area contributed by atoms with Gasteiger partial charge in [0.05, 0.1) is 24.8 Å². The van der Waals surface area contributed by atoms with E-state index < -0.39 is 6.10 Å². The third-order valence-electron chi connectivity index (χ3n) is 3.70. The van der Waals surface area contributed by atoms with E-state index in [1.54, 1.807) is 24.1 Å². The maximum absolute atomic E-state index is 12.3. The summed E-state index contributed by atoms with van der Waals surface area (Å²) in [5.41, 5.74) is 0.515. The van der Waals surface area contributed by atoms with Crippen LogP contribution in [0.5, 0.6) is 5.88 Å². The van der Waals surface area contributed by atoms with Gasteiger partial charge in [-0.05, 0) is 18.9 Å². The van der Waals surface area contributed by atoms with E-state index in [-0.39, 0.29) is 11.9 Å². The summed E-state index contributed by atoms with van der Waals surface area (Å²) in [7, 11) is 3.28. The predicted molar refractivity (Wildman–Crippen MR) is 71.1 cm³/mol. The standard InChI is InChI=1S/C14H20N2O3/c1-16(11-5-3-4-6-12(11)17)14(18)10-7-8-13(19-2)15-9-10/h7-9,11-12,17H,3-6H2,1-2H3. The van der Waals surface area contributed by atoms with Gasteiger partial charge in [0.2, 0.25) is 5.88 Å². The van der Waals surface area contributed by atoms with Crippen molar-refractivity contribution in [3.63, 3.8) is 0 Å². The van der Waals surface area contributed by atoms with Crippen molar-refractivity contribution in [2.45, 2.75) is 37.8 Å². The van der Waals surface area contributed by atoms with Crippen molar-refractivity contribution in [2.75, 3.05) is 14.2 Å². The SMILES string of the molecule is COc1ccc(C(=O)N(C)C2CCCCC2O)cn1. The van der Waals surface area contributed by atoms with Gasteiger partial charge >= 0.3 is 0 Å². The van der Waals surface area contributed by atoms with E-state index in [0.717, 1.165) is 25.7 Å². The van der Waals surface area contributed by atoms with Crippen LogP contribution in [0.2, 0.25) is 0 Å². The average Bonchev–Trinajstić information content (AvgIpc) is 2.46. The van der Waals surface area contributed by atoms with Crippen LogP contribution in [0, 0.1) is 0 Å². The third-order valence-corrected chi connectivity index (χ3v) is 3.70. The maximum Gasteiger partial charge on any atom is 0.255 e. The van der Waals surface area contributed by atoms with Gasteiger partial charge in [-0.25, -0.2) is 4.98 Å². The summed E-state index contributed by atoms with van der Waals surface area (Å²) in [6, 6.07) is 3.27. The molecule has 1 aromatic heterocycles. The molecule has 2 unspecified atom stereocenters. The van der Waals surface area contributed by atoms with Crippen LogP contribution in [0.25, 0.3) is 0 Å². The predicted octanol–water partition coefficient (Wildman–Crippen LogP) is 1.47. The lowest BCUT2D eigenvalue weighted by molar-refractivity contribution is 0.0267. The molecule has 0 radical (unpaired) electrons. The zero-order valence-electron chi connectivity index (χ0n) is 11.4. The van der Waals surface area contributed by atoms with E-state index in [2.05, 4.69) is 4.98 Å². The van der Waals surface area contributed by atoms with Gasteiger partial charge < -0.3 is 14.7 Å². The van der Waals surface area contributed by atoms with Gasteiger partial charge in [0.25, 0.3) is 5.91 Å². The molecule has 0 bridgehead atoms. The average molecular weight is 264 g/mol. The maximum atomic E-state index is 12.3. The second-order valence-electron chi connectivity index (χ2n) is 4.92. The molecule has 2 atom stereocenters. The van der Waals surface area contributed by atoms with Gasteiger partial charge in [-0.15, -0.1) is 0 Å². The van der Waals surface area contributed by atoms with Gasteiger partial charge in [0.15, 0.2) is 0 Å². The molecule has 104 valence electrons. The zero-order chi connectivity index (χ0) is 13.8. The minimum Gasteiger partial charge on any atom is -0.481 e. The van der Waals surface area contributed by atoms with E-state index >= 15 is 0 Å². The molecule has 1 aliphatic carbocycles. The number of amides is 1. The van der Waals surface area contributed by atoms with Crippen molar-refractivity contribution in [1.82, 2.24) is 9.88 Å². The van der Waals surface area contributed by atoms with E-state index in [0.29, 0.717) is 11.4 Å². The molecule has 1 amide bonds. The van der Waals surface area contributed by atoms with Crippen molar-refractivity contribution in [1.29, 1.82) is 0 Å². The molecule has 0 aliphatic heterocycles. The summed E-state index contributed by atoms with van der Waals surface area (Å²) < 4.78 is 4.97. The van der Waals surface area contributed by atoms with Gasteiger partial charge in [0.1, 0.15) is 0 Å². The van der Waals surface area contributed by atoms with Crippen molar-refractivity contribution in [3.8, 4) is 5.88 Å². The molecular formula is C14H20N2O3. The first kappa shape index (κ1) is 13.8. The highest BCUT2D eigenvalue weighted by molar-refractivity contribution is 5.94. The van der Waals surface area contributed by atoms with Gasteiger partial charge in [-0.2, -0.15) is 0 Å². The fourth-order valence-corrected chi connectivity index (χ4v) is 2.53. The summed E-state index contributed by atoms with van der Waals surface area (Å²) >= 11 is 0. The van der Waals surface area contributed by atoms with E-state index in [1.165, 1.54) is 13.3 Å². The summed E-state index contributed by atoms with van der Waals surface area (Å²) in [4.78, 5) is 18.0. The highest BCUT2D eigenvalue weighted by atomic mass is 16.5. The minimum absolute atomic E-state index is 0.0941. The second kappa shape index (κ2) is 6.02. The van der Waals surface area contributed by atoms with Crippen LogP contribution in [0.4, 0.5) is 0 Å². The lowest BCUT2D eigenvalue weighted by Crippen LogP contribution is -2.46. The fraction of sp³-hybridized carbons (Fsp3) is 0.571. The smallest absolute Gasteiger partial charge is 0.255 e. The largest absolute Gasteiger partial charge is 0.481 e. The number of hydrogen-bond donors (Lipinski definition) is 1. The first-order valence-electron chi connectivity index (χ1n) is 6.58. The number of nitrogens with zero attached hydrogens (tertiary/aromatic N) is 2. The molecule has 5 nitrogen and oxygen atoms in total. The first-order valence-corrected chi connectivity index (χ1v) is 6.58. The van der Waals surface area contributed by atoms with E-state index in [9.17, 15) is 9.90 Å². The van der Waals surface area contributed by atoms with E-state index in [4.69, 9.17) is 4.74 Å². The van der Waals surface area contributed by atoms with Crippen molar-refractivity contribution >= 4 is 5.91 Å². The quantitative estimate of drug-likeness (QED) is 0.898. The summed E-state index contributed by atoms with van der Waals surface area (Å²) in [5.74, 6) is 0.373. The second-order valence-corrected chi connectivity index (χ2v) is 4.92. The van der Waals surface area contributed by atoms with Crippen LogP contribution in [0.15, 0.2) is 18.3 Å². The molecule has 0 aromatic carbocycles. The number of carbonyl (C=O) groups excluding carboxylic acids is 1. The van der Waals surface area contributed by atoms with Crippen LogP contribution in [-0.4, -0.2) is 47.2 Å². The van der Waals surface area contributed by atoms with Crippen molar-refractivity contribution in [3.05, 3.63) is 23.9 Å². The Morgan fingerprint density at radius 1 is 1.42 bits per heavy atom. The lowest BCUT2D eigenvalue weighted by atomic mass is 9.91. The Kier molecular flexibility index (Phi) is 4.37. The Morgan fingerprint density at radius 2 is 2.16 bits per heavy atom. The van der Waals surface area contributed by atoms with Gasteiger partial charge in [0, 0.05) is 19.3 Å². The van der Waals surface area contributed by atoms with Crippen LogP contribution < -0.4 is 4.74 Å². The van der Waals surface area contributed by atoms with Crippen LogP contribution >= 0.6 is 0 Å². The Hall–Kier alpha value is -1.62. The number of aromatic nitrogens is 1. The molecule has 1 heterocycles. The molecule has 5 heteroatoms. The molecule has 1 fully saturated rings. The molecule has 1 aliphatic rings. The molecule has 1 saturated carbocycles. The Morgan fingerprint density at radius 3 is 2.74 bits per heavy atom. The lowest BCUT2D eigenvalue weighted by Gasteiger charge is -2.35. The Labute approximate surface area is 113 Å². The van der Waals surface area contributed by atoms with Crippen molar-refractivity contribution < 1.29 is 14.6 Å². The monoisotopic (exact) mass is 264 g/mol. The Bertz CT molecular complexity index is 433. The van der Waals surface area contributed by atoms with Gasteiger partial charge in [-0.3, -0.25) is 4.79 Å². The van der Waals surface area contributed by atoms with Crippen LogP contribution in [-0.2, 0) is 0 Å². The van der Waals surface area contributed by atoms with E-state index in [1.807, 2.05) is 0 Å². The summed E-state index contributed by atoms with van der Waals surface area (Å²) in [6.45, 7) is 0. The highest BCUT2D eigenvalue weighted by Crippen LogP contribution is 2.23. The number of hydrogen-bond acceptors (Lipinski definition) is 4.